The summed E-state index contributed by atoms with van der Waals surface area (Å²) in [5, 5.41) is 9.98. The van der Waals surface area contributed by atoms with Crippen molar-refractivity contribution in [3.63, 3.8) is 0 Å². The molecule has 0 bridgehead atoms. The zero-order valence-corrected chi connectivity index (χ0v) is 11.4. The maximum absolute atomic E-state index is 9.25. The summed E-state index contributed by atoms with van der Waals surface area (Å²) in [5.74, 6) is 0. The molecule has 0 saturated heterocycles. The van der Waals surface area contributed by atoms with Gasteiger partial charge in [-0.3, -0.25) is 0 Å². The topological polar surface area (TPSA) is 49.5 Å². The van der Waals surface area contributed by atoms with E-state index in [2.05, 4.69) is 4.90 Å². The fraction of sp³-hybridized carbons (Fsp3) is 0.571. The lowest BCUT2D eigenvalue weighted by Crippen LogP contribution is -2.35. The molecule has 3 nitrogen and oxygen atoms in total. The molecule has 0 amide bonds. The van der Waals surface area contributed by atoms with Gasteiger partial charge in [-0.25, -0.2) is 0 Å². The van der Waals surface area contributed by atoms with E-state index in [1.165, 1.54) is 25.7 Å². The first-order chi connectivity index (χ1) is 8.76. The van der Waals surface area contributed by atoms with Crippen LogP contribution in [0, 0.1) is 0 Å². The number of hydrogen-bond acceptors (Lipinski definition) is 3. The summed E-state index contributed by atoms with van der Waals surface area (Å²) in [4.78, 5) is 2.25. The number of nitrogens with zero attached hydrogens (tertiary/aromatic N) is 1. The molecule has 4 heteroatoms. The van der Waals surface area contributed by atoms with E-state index < -0.39 is 0 Å². The molecule has 1 aliphatic carbocycles. The van der Waals surface area contributed by atoms with Crippen LogP contribution in [0.3, 0.4) is 0 Å². The van der Waals surface area contributed by atoms with Gasteiger partial charge in [0.2, 0.25) is 0 Å². The van der Waals surface area contributed by atoms with E-state index in [4.69, 9.17) is 17.3 Å². The Kier molecular flexibility index (Phi) is 4.87. The highest BCUT2D eigenvalue weighted by atomic mass is 35.5. The summed E-state index contributed by atoms with van der Waals surface area (Å²) in [5.41, 5.74) is 7.68. The molecule has 0 spiro atoms. The van der Waals surface area contributed by atoms with Gasteiger partial charge in [-0.1, -0.05) is 30.5 Å². The summed E-state index contributed by atoms with van der Waals surface area (Å²) >= 11 is 6.34. The molecule has 0 aromatic heterocycles. The Morgan fingerprint density at radius 1 is 1.33 bits per heavy atom. The quantitative estimate of drug-likeness (QED) is 0.863. The summed E-state index contributed by atoms with van der Waals surface area (Å²) in [7, 11) is 0. The number of nitrogens with two attached hydrogens (primary N) is 1. The normalized spacial score (nSPS) is 16.2. The molecule has 1 aliphatic rings. The molecular formula is C14H21ClN2O. The zero-order chi connectivity index (χ0) is 13.0. The lowest BCUT2D eigenvalue weighted by molar-refractivity contribution is 0.297. The van der Waals surface area contributed by atoms with E-state index in [1.807, 2.05) is 18.2 Å². The molecule has 1 aromatic rings. The molecule has 0 atom stereocenters. The largest absolute Gasteiger partial charge is 0.395 e. The molecule has 1 saturated carbocycles. The van der Waals surface area contributed by atoms with Gasteiger partial charge >= 0.3 is 0 Å². The van der Waals surface area contributed by atoms with Crippen LogP contribution in [-0.2, 0) is 6.54 Å². The van der Waals surface area contributed by atoms with Gasteiger partial charge in [-0.2, -0.15) is 0 Å². The van der Waals surface area contributed by atoms with Crippen molar-refractivity contribution < 1.29 is 5.11 Å². The average Bonchev–Trinajstić information content (AvgIpc) is 2.90. The molecule has 1 aromatic carbocycles. The first-order valence-corrected chi connectivity index (χ1v) is 7.00. The summed E-state index contributed by atoms with van der Waals surface area (Å²) < 4.78 is 0. The van der Waals surface area contributed by atoms with E-state index in [9.17, 15) is 5.11 Å². The first-order valence-electron chi connectivity index (χ1n) is 6.62. The molecule has 0 aliphatic heterocycles. The smallest absolute Gasteiger partial charge is 0.0642 e. The predicted molar refractivity (Wildman–Crippen MR) is 76.0 cm³/mol. The Labute approximate surface area is 114 Å². The Morgan fingerprint density at radius 3 is 2.61 bits per heavy atom. The van der Waals surface area contributed by atoms with Crippen LogP contribution < -0.4 is 10.6 Å². The van der Waals surface area contributed by atoms with Crippen LogP contribution in [-0.4, -0.2) is 24.3 Å². The second kappa shape index (κ2) is 6.41. The fourth-order valence-corrected chi connectivity index (χ4v) is 3.05. The highest BCUT2D eigenvalue weighted by molar-refractivity contribution is 6.33. The number of hydrogen-bond donors (Lipinski definition) is 2. The predicted octanol–water partition coefficient (Wildman–Crippen LogP) is 2.54. The molecule has 100 valence electrons. The second-order valence-corrected chi connectivity index (χ2v) is 5.25. The van der Waals surface area contributed by atoms with Gasteiger partial charge in [0.25, 0.3) is 0 Å². The van der Waals surface area contributed by atoms with Crippen LogP contribution >= 0.6 is 11.6 Å². The summed E-state index contributed by atoms with van der Waals surface area (Å²) in [6, 6.07) is 6.48. The van der Waals surface area contributed by atoms with Crippen molar-refractivity contribution in [1.29, 1.82) is 0 Å². The standard InChI is InChI=1S/C14H21ClN2O/c15-13-9-11(10-16)5-6-14(13)17(7-8-18)12-3-1-2-4-12/h5-6,9,12,18H,1-4,7-8,10,16H2. The number of aliphatic hydroxyl groups excluding tert-OH is 1. The van der Waals surface area contributed by atoms with Crippen LogP contribution in [0.1, 0.15) is 31.2 Å². The SMILES string of the molecule is NCc1ccc(N(CCO)C2CCCC2)c(Cl)c1. The molecular weight excluding hydrogens is 248 g/mol. The Morgan fingerprint density at radius 2 is 2.06 bits per heavy atom. The maximum Gasteiger partial charge on any atom is 0.0642 e. The number of halogens is 1. The molecule has 0 unspecified atom stereocenters. The summed E-state index contributed by atoms with van der Waals surface area (Å²) in [6.07, 6.45) is 4.92. The van der Waals surface area contributed by atoms with Crippen LogP contribution in [0.15, 0.2) is 18.2 Å². The molecule has 0 radical (unpaired) electrons. The van der Waals surface area contributed by atoms with Gasteiger partial charge in [-0.05, 0) is 30.5 Å². The number of rotatable bonds is 5. The van der Waals surface area contributed by atoms with Crippen molar-refractivity contribution in [2.24, 2.45) is 5.73 Å². The molecule has 0 heterocycles. The van der Waals surface area contributed by atoms with Crippen LogP contribution in [0.4, 0.5) is 5.69 Å². The van der Waals surface area contributed by atoms with Crippen LogP contribution in [0.25, 0.3) is 0 Å². The number of aliphatic hydroxyl groups is 1. The lowest BCUT2D eigenvalue weighted by Gasteiger charge is -2.31. The first kappa shape index (κ1) is 13.7. The van der Waals surface area contributed by atoms with Crippen molar-refractivity contribution in [2.75, 3.05) is 18.1 Å². The third kappa shape index (κ3) is 2.97. The minimum atomic E-state index is 0.158. The fourth-order valence-electron chi connectivity index (χ4n) is 2.73. The molecule has 1 fully saturated rings. The van der Waals surface area contributed by atoms with E-state index in [0.717, 1.165) is 16.3 Å². The highest BCUT2D eigenvalue weighted by Crippen LogP contribution is 2.33. The van der Waals surface area contributed by atoms with E-state index in [0.29, 0.717) is 19.1 Å². The Balaban J connectivity index is 2.23. The van der Waals surface area contributed by atoms with Crippen molar-refractivity contribution in [3.05, 3.63) is 28.8 Å². The van der Waals surface area contributed by atoms with Crippen molar-refractivity contribution in [2.45, 2.75) is 38.3 Å². The van der Waals surface area contributed by atoms with Gasteiger partial charge in [-0.15, -0.1) is 0 Å². The third-order valence-electron chi connectivity index (χ3n) is 3.66. The van der Waals surface area contributed by atoms with Gasteiger partial charge in [0.15, 0.2) is 0 Å². The van der Waals surface area contributed by atoms with Crippen molar-refractivity contribution >= 4 is 17.3 Å². The maximum atomic E-state index is 9.25. The molecule has 18 heavy (non-hydrogen) atoms. The van der Waals surface area contributed by atoms with Crippen molar-refractivity contribution in [3.8, 4) is 0 Å². The van der Waals surface area contributed by atoms with Gasteiger partial charge in [0, 0.05) is 19.1 Å². The minimum absolute atomic E-state index is 0.158. The average molecular weight is 269 g/mol. The van der Waals surface area contributed by atoms with Gasteiger partial charge in [0.05, 0.1) is 17.3 Å². The van der Waals surface area contributed by atoms with Crippen molar-refractivity contribution in [1.82, 2.24) is 0 Å². The minimum Gasteiger partial charge on any atom is -0.395 e. The summed E-state index contributed by atoms with van der Waals surface area (Å²) in [6.45, 7) is 1.31. The molecule has 3 N–H and O–H groups in total. The molecule has 2 rings (SSSR count). The lowest BCUT2D eigenvalue weighted by atomic mass is 10.1. The second-order valence-electron chi connectivity index (χ2n) is 4.85. The Hall–Kier alpha value is -0.770. The van der Waals surface area contributed by atoms with Crippen LogP contribution in [0.5, 0.6) is 0 Å². The number of anilines is 1. The number of benzene rings is 1. The van der Waals surface area contributed by atoms with Gasteiger partial charge < -0.3 is 15.7 Å². The highest BCUT2D eigenvalue weighted by Gasteiger charge is 2.23. The monoisotopic (exact) mass is 268 g/mol. The van der Waals surface area contributed by atoms with Gasteiger partial charge in [0.1, 0.15) is 0 Å². The van der Waals surface area contributed by atoms with E-state index in [-0.39, 0.29) is 6.61 Å². The van der Waals surface area contributed by atoms with E-state index >= 15 is 0 Å². The Bertz CT molecular complexity index is 391. The third-order valence-corrected chi connectivity index (χ3v) is 3.97. The van der Waals surface area contributed by atoms with Crippen LogP contribution in [0.2, 0.25) is 5.02 Å². The van der Waals surface area contributed by atoms with E-state index in [1.54, 1.807) is 0 Å². The zero-order valence-electron chi connectivity index (χ0n) is 10.6.